The molecule has 4 heterocycles. The van der Waals surface area contributed by atoms with Gasteiger partial charge < -0.3 is 18.9 Å². The minimum absolute atomic E-state index is 0.0244. The summed E-state index contributed by atoms with van der Waals surface area (Å²) in [6, 6.07) is 0. The van der Waals surface area contributed by atoms with Gasteiger partial charge in [-0.2, -0.15) is 0 Å². The highest BCUT2D eigenvalue weighted by atomic mass is 16.7. The second kappa shape index (κ2) is 3.50. The lowest BCUT2D eigenvalue weighted by Gasteiger charge is -2.24. The normalized spacial score (nSPS) is 56.5. The highest BCUT2D eigenvalue weighted by Gasteiger charge is 2.69. The zero-order valence-corrected chi connectivity index (χ0v) is 11.8. The molecule has 2 bridgehead atoms. The maximum atomic E-state index is 12.1. The molecule has 3 saturated heterocycles. The standard InChI is InChI=1S/C15H16O6/c1-5-9-7-3-6(14(17)18-7)10-11(20-10)12-15(2,21-12)4-8(9)19-13(5)16/h3,5,7-12H,4H2,1-2H3/t5?,7?,8?,9?,10?,11?,12?,15-/m0/s1. The fraction of sp³-hybridized carbons (Fsp3) is 0.733. The summed E-state index contributed by atoms with van der Waals surface area (Å²) >= 11 is 0. The zero-order valence-electron chi connectivity index (χ0n) is 11.8. The Kier molecular flexibility index (Phi) is 2.03. The third-order valence-corrected chi connectivity index (χ3v) is 5.53. The summed E-state index contributed by atoms with van der Waals surface area (Å²) in [7, 11) is 0. The summed E-state index contributed by atoms with van der Waals surface area (Å²) in [5.74, 6) is -0.970. The van der Waals surface area contributed by atoms with Gasteiger partial charge in [0, 0.05) is 12.3 Å². The molecule has 0 spiro atoms. The summed E-state index contributed by atoms with van der Waals surface area (Å²) in [4.78, 5) is 24.0. The molecule has 1 aliphatic carbocycles. The Bertz CT molecular complexity index is 597. The first-order chi connectivity index (χ1) is 9.98. The Morgan fingerprint density at radius 3 is 2.90 bits per heavy atom. The van der Waals surface area contributed by atoms with E-state index < -0.39 is 6.10 Å². The van der Waals surface area contributed by atoms with Crippen LogP contribution in [-0.2, 0) is 28.5 Å². The Balaban J connectivity index is 1.57. The number of carbonyl (C=O) groups is 2. The van der Waals surface area contributed by atoms with E-state index in [2.05, 4.69) is 0 Å². The van der Waals surface area contributed by atoms with Gasteiger partial charge in [0.2, 0.25) is 0 Å². The molecule has 7 unspecified atom stereocenters. The van der Waals surface area contributed by atoms with Crippen LogP contribution in [0, 0.1) is 11.8 Å². The molecule has 21 heavy (non-hydrogen) atoms. The molecule has 0 radical (unpaired) electrons. The molecule has 8 atom stereocenters. The van der Waals surface area contributed by atoms with Gasteiger partial charge in [0.1, 0.15) is 30.5 Å². The molecular weight excluding hydrogens is 276 g/mol. The van der Waals surface area contributed by atoms with Crippen LogP contribution in [0.25, 0.3) is 0 Å². The highest BCUT2D eigenvalue weighted by Crippen LogP contribution is 2.54. The van der Waals surface area contributed by atoms with E-state index in [1.165, 1.54) is 0 Å². The Morgan fingerprint density at radius 1 is 1.29 bits per heavy atom. The van der Waals surface area contributed by atoms with Crippen LogP contribution < -0.4 is 0 Å². The van der Waals surface area contributed by atoms with Gasteiger partial charge in [-0.1, -0.05) is 6.92 Å². The van der Waals surface area contributed by atoms with E-state index in [1.54, 1.807) is 0 Å². The summed E-state index contributed by atoms with van der Waals surface area (Å²) in [5.41, 5.74) is 0.252. The summed E-state index contributed by atoms with van der Waals surface area (Å²) < 4.78 is 22.5. The van der Waals surface area contributed by atoms with Crippen LogP contribution in [0.4, 0.5) is 0 Å². The van der Waals surface area contributed by atoms with Gasteiger partial charge in [-0.05, 0) is 13.0 Å². The largest absolute Gasteiger partial charge is 0.462 e. The van der Waals surface area contributed by atoms with E-state index in [1.807, 2.05) is 19.9 Å². The molecule has 0 aromatic carbocycles. The molecule has 0 aromatic heterocycles. The molecule has 4 aliphatic heterocycles. The van der Waals surface area contributed by atoms with Crippen LogP contribution in [-0.4, -0.2) is 48.1 Å². The molecule has 3 fully saturated rings. The lowest BCUT2D eigenvalue weighted by Crippen LogP contribution is -2.35. The number of fused-ring (bicyclic) bond motifs is 7. The van der Waals surface area contributed by atoms with Gasteiger partial charge in [-0.3, -0.25) is 4.79 Å². The molecule has 6 nitrogen and oxygen atoms in total. The molecular formula is C15H16O6. The summed E-state index contributed by atoms with van der Waals surface area (Å²) in [6.07, 6.45) is 1.48. The lowest BCUT2D eigenvalue weighted by atomic mass is 9.81. The zero-order chi connectivity index (χ0) is 14.5. The van der Waals surface area contributed by atoms with E-state index in [-0.39, 0.29) is 53.8 Å². The van der Waals surface area contributed by atoms with Crippen molar-refractivity contribution in [2.24, 2.45) is 11.8 Å². The number of epoxide rings is 2. The van der Waals surface area contributed by atoms with E-state index in [9.17, 15) is 9.59 Å². The van der Waals surface area contributed by atoms with Crippen molar-refractivity contribution in [2.75, 3.05) is 0 Å². The summed E-state index contributed by atoms with van der Waals surface area (Å²) in [6.45, 7) is 3.85. The minimum Gasteiger partial charge on any atom is -0.462 e. The van der Waals surface area contributed by atoms with E-state index in [4.69, 9.17) is 18.9 Å². The number of rotatable bonds is 0. The first-order valence-corrected chi connectivity index (χ1v) is 7.44. The topological polar surface area (TPSA) is 77.7 Å². The van der Waals surface area contributed by atoms with Crippen LogP contribution in [0.1, 0.15) is 20.3 Å². The quantitative estimate of drug-likeness (QED) is 0.473. The summed E-state index contributed by atoms with van der Waals surface area (Å²) in [5, 5.41) is 0. The van der Waals surface area contributed by atoms with Crippen molar-refractivity contribution in [3.63, 3.8) is 0 Å². The molecule has 0 saturated carbocycles. The van der Waals surface area contributed by atoms with Crippen LogP contribution in [0.5, 0.6) is 0 Å². The maximum Gasteiger partial charge on any atom is 0.337 e. The van der Waals surface area contributed by atoms with Crippen molar-refractivity contribution < 1.29 is 28.5 Å². The lowest BCUT2D eigenvalue weighted by molar-refractivity contribution is -0.144. The molecule has 0 amide bonds. The first-order valence-electron chi connectivity index (χ1n) is 7.44. The van der Waals surface area contributed by atoms with Gasteiger partial charge in [-0.25, -0.2) is 4.79 Å². The van der Waals surface area contributed by atoms with E-state index >= 15 is 0 Å². The predicted molar refractivity (Wildman–Crippen MR) is 67.1 cm³/mol. The SMILES string of the molecule is CC1C(=O)OC2C[C@]3(C)OC3C3OC3C3=CC(OC3=O)C21. The van der Waals surface area contributed by atoms with Crippen LogP contribution >= 0.6 is 0 Å². The minimum atomic E-state index is -0.400. The maximum absolute atomic E-state index is 12.1. The fourth-order valence-electron chi connectivity index (χ4n) is 4.20. The second-order valence-electron chi connectivity index (χ2n) is 6.91. The molecule has 0 N–H and O–H groups in total. The van der Waals surface area contributed by atoms with Gasteiger partial charge in [0.25, 0.3) is 0 Å². The van der Waals surface area contributed by atoms with E-state index in [0.29, 0.717) is 12.0 Å². The average molecular weight is 292 g/mol. The van der Waals surface area contributed by atoms with Crippen molar-refractivity contribution in [2.45, 2.75) is 56.4 Å². The van der Waals surface area contributed by atoms with E-state index in [0.717, 1.165) is 0 Å². The number of ether oxygens (including phenoxy) is 4. The van der Waals surface area contributed by atoms with Crippen molar-refractivity contribution in [1.82, 2.24) is 0 Å². The smallest absolute Gasteiger partial charge is 0.337 e. The highest BCUT2D eigenvalue weighted by molar-refractivity contribution is 5.93. The number of hydrogen-bond acceptors (Lipinski definition) is 6. The molecule has 5 rings (SSSR count). The van der Waals surface area contributed by atoms with Crippen LogP contribution in [0.15, 0.2) is 11.6 Å². The van der Waals surface area contributed by atoms with Crippen molar-refractivity contribution in [3.8, 4) is 0 Å². The molecule has 6 heteroatoms. The monoisotopic (exact) mass is 292 g/mol. The predicted octanol–water partition coefficient (Wildman–Crippen LogP) is 0.344. The number of carbonyl (C=O) groups excluding carboxylic acids is 2. The number of esters is 2. The Labute approximate surface area is 121 Å². The van der Waals surface area contributed by atoms with Crippen molar-refractivity contribution in [1.29, 1.82) is 0 Å². The fourth-order valence-corrected chi connectivity index (χ4v) is 4.20. The third-order valence-electron chi connectivity index (χ3n) is 5.53. The van der Waals surface area contributed by atoms with Crippen LogP contribution in [0.3, 0.4) is 0 Å². The third kappa shape index (κ3) is 1.49. The van der Waals surface area contributed by atoms with Crippen LogP contribution in [0.2, 0.25) is 0 Å². The number of hydrogen-bond donors (Lipinski definition) is 0. The average Bonchev–Trinajstić information content (AvgIpc) is 3.25. The second-order valence-corrected chi connectivity index (χ2v) is 6.91. The molecule has 0 aromatic rings. The van der Waals surface area contributed by atoms with Gasteiger partial charge >= 0.3 is 11.9 Å². The Morgan fingerprint density at radius 2 is 2.10 bits per heavy atom. The Hall–Kier alpha value is -1.40. The van der Waals surface area contributed by atoms with Crippen molar-refractivity contribution in [3.05, 3.63) is 11.6 Å². The van der Waals surface area contributed by atoms with Gasteiger partial charge in [0.05, 0.1) is 17.1 Å². The molecule has 5 aliphatic rings. The molecule has 112 valence electrons. The van der Waals surface area contributed by atoms with Gasteiger partial charge in [-0.15, -0.1) is 0 Å². The van der Waals surface area contributed by atoms with Crippen molar-refractivity contribution >= 4 is 11.9 Å². The first kappa shape index (κ1) is 12.2. The van der Waals surface area contributed by atoms with Gasteiger partial charge in [0.15, 0.2) is 0 Å².